The third-order valence-corrected chi connectivity index (χ3v) is 7.85. The Morgan fingerprint density at radius 1 is 0.706 bits per heavy atom. The summed E-state index contributed by atoms with van der Waals surface area (Å²) in [7, 11) is 0. The van der Waals surface area contributed by atoms with Crippen molar-refractivity contribution in [2.24, 2.45) is 23.7 Å². The lowest BCUT2D eigenvalue weighted by Gasteiger charge is -2.39. The molecule has 0 radical (unpaired) electrons. The van der Waals surface area contributed by atoms with Crippen LogP contribution < -0.4 is 0 Å². The molecule has 2 bridgehead atoms. The van der Waals surface area contributed by atoms with Gasteiger partial charge in [-0.15, -0.1) is 0 Å². The highest BCUT2D eigenvalue weighted by molar-refractivity contribution is 7.99. The number of fused-ring (bicyclic) bond motifs is 5. The van der Waals surface area contributed by atoms with Crippen LogP contribution in [-0.4, -0.2) is 58.7 Å². The van der Waals surface area contributed by atoms with Crippen molar-refractivity contribution in [2.45, 2.75) is 60.3 Å². The molecular formula is C17H13F13O3S. The predicted molar refractivity (Wildman–Crippen MR) is 85.9 cm³/mol. The van der Waals surface area contributed by atoms with E-state index in [1.54, 1.807) is 0 Å². The van der Waals surface area contributed by atoms with Crippen molar-refractivity contribution >= 4 is 23.7 Å². The molecule has 1 saturated heterocycles. The molecule has 196 valence electrons. The van der Waals surface area contributed by atoms with E-state index in [0.29, 0.717) is 11.8 Å². The van der Waals surface area contributed by atoms with Gasteiger partial charge in [0.05, 0.1) is 11.8 Å². The van der Waals surface area contributed by atoms with Gasteiger partial charge in [-0.25, -0.2) is 0 Å². The average Bonchev–Trinajstić information content (AvgIpc) is 3.32. The van der Waals surface area contributed by atoms with E-state index in [-0.39, 0.29) is 18.8 Å². The SMILES string of the molecule is O=C1OC(=O)[C@H]2[C@@H]3C[C@@H](C[C@H]3SCCC(F)(F)C(F)(F)C(F)(F)C(F)(F)C(F)(F)C(F)(F)F)[C@@H]12. The second kappa shape index (κ2) is 7.79. The van der Waals surface area contributed by atoms with Crippen LogP contribution in [0, 0.1) is 23.7 Å². The number of thioether (sulfide) groups is 1. The molecule has 0 amide bonds. The molecule has 1 aliphatic heterocycles. The van der Waals surface area contributed by atoms with Crippen LogP contribution in [0.1, 0.15) is 19.3 Å². The largest absolute Gasteiger partial charge is 0.460 e. The number of cyclic esters (lactones) is 2. The van der Waals surface area contributed by atoms with Crippen molar-refractivity contribution in [3.05, 3.63) is 0 Å². The van der Waals surface area contributed by atoms with Gasteiger partial charge in [-0.2, -0.15) is 68.8 Å². The highest BCUT2D eigenvalue weighted by atomic mass is 32.2. The van der Waals surface area contributed by atoms with Crippen LogP contribution in [0.4, 0.5) is 57.1 Å². The van der Waals surface area contributed by atoms with Crippen LogP contribution in [0.5, 0.6) is 0 Å². The van der Waals surface area contributed by atoms with Gasteiger partial charge in [0.1, 0.15) is 0 Å². The van der Waals surface area contributed by atoms with Crippen LogP contribution in [0.3, 0.4) is 0 Å². The Labute approximate surface area is 185 Å². The number of ether oxygens (including phenoxy) is 1. The van der Waals surface area contributed by atoms with Gasteiger partial charge in [-0.05, 0) is 30.4 Å². The molecule has 3 aliphatic rings. The molecule has 3 rings (SSSR count). The third-order valence-electron chi connectivity index (χ3n) is 6.44. The first-order valence-electron chi connectivity index (χ1n) is 9.44. The van der Waals surface area contributed by atoms with Crippen molar-refractivity contribution in [2.75, 3.05) is 5.75 Å². The number of hydrogen-bond acceptors (Lipinski definition) is 4. The van der Waals surface area contributed by atoms with Crippen molar-refractivity contribution in [1.29, 1.82) is 0 Å². The van der Waals surface area contributed by atoms with Crippen LogP contribution in [0.2, 0.25) is 0 Å². The van der Waals surface area contributed by atoms with Gasteiger partial charge in [0.15, 0.2) is 0 Å². The van der Waals surface area contributed by atoms with E-state index in [0.717, 1.165) is 0 Å². The Kier molecular flexibility index (Phi) is 6.22. The van der Waals surface area contributed by atoms with Gasteiger partial charge in [-0.1, -0.05) is 0 Å². The van der Waals surface area contributed by atoms with E-state index in [1.807, 2.05) is 0 Å². The zero-order chi connectivity index (χ0) is 26.3. The fourth-order valence-corrected chi connectivity index (χ4v) is 6.27. The lowest BCUT2D eigenvalue weighted by atomic mass is 9.81. The minimum Gasteiger partial charge on any atom is -0.393 e. The lowest BCUT2D eigenvalue weighted by molar-refractivity contribution is -0.439. The van der Waals surface area contributed by atoms with Crippen molar-refractivity contribution in [3.8, 4) is 0 Å². The number of alkyl halides is 13. The highest BCUT2D eigenvalue weighted by Gasteiger charge is 2.90. The molecule has 0 aromatic carbocycles. The Bertz CT molecular complexity index is 856. The summed E-state index contributed by atoms with van der Waals surface area (Å²) < 4.78 is 175. The molecule has 0 N–H and O–H groups in total. The molecule has 2 saturated carbocycles. The second-order valence-electron chi connectivity index (χ2n) is 8.35. The van der Waals surface area contributed by atoms with E-state index in [1.165, 1.54) is 0 Å². The Morgan fingerprint density at radius 3 is 1.74 bits per heavy atom. The highest BCUT2D eigenvalue weighted by Crippen LogP contribution is 2.62. The van der Waals surface area contributed by atoms with Crippen molar-refractivity contribution in [3.63, 3.8) is 0 Å². The molecule has 0 spiro atoms. The maximum absolute atomic E-state index is 13.9. The summed E-state index contributed by atoms with van der Waals surface area (Å²) in [6, 6.07) is 0. The quantitative estimate of drug-likeness (QED) is 0.228. The maximum Gasteiger partial charge on any atom is 0.460 e. The first kappa shape index (κ1) is 27.2. The van der Waals surface area contributed by atoms with Crippen LogP contribution in [0.25, 0.3) is 0 Å². The van der Waals surface area contributed by atoms with Gasteiger partial charge in [0.2, 0.25) is 0 Å². The molecule has 0 unspecified atom stereocenters. The van der Waals surface area contributed by atoms with E-state index in [9.17, 15) is 66.7 Å². The normalized spacial score (nSPS) is 30.7. The second-order valence-corrected chi connectivity index (χ2v) is 9.69. The molecule has 17 heteroatoms. The van der Waals surface area contributed by atoms with Crippen molar-refractivity contribution in [1.82, 2.24) is 0 Å². The zero-order valence-electron chi connectivity index (χ0n) is 16.3. The zero-order valence-corrected chi connectivity index (χ0v) is 17.1. The number of halogens is 13. The number of carbonyl (C=O) groups excluding carboxylic acids is 2. The Balaban J connectivity index is 1.70. The van der Waals surface area contributed by atoms with Gasteiger partial charge >= 0.3 is 47.7 Å². The summed E-state index contributed by atoms with van der Waals surface area (Å²) in [5.74, 6) is -42.2. The molecule has 2 aliphatic carbocycles. The van der Waals surface area contributed by atoms with E-state index in [4.69, 9.17) is 0 Å². The average molecular weight is 544 g/mol. The first-order valence-corrected chi connectivity index (χ1v) is 10.5. The number of hydrogen-bond donors (Lipinski definition) is 0. The predicted octanol–water partition coefficient (Wildman–Crippen LogP) is 5.57. The summed E-state index contributed by atoms with van der Waals surface area (Å²) in [5, 5.41) is -0.689. The van der Waals surface area contributed by atoms with Gasteiger partial charge in [0.25, 0.3) is 0 Å². The third kappa shape index (κ3) is 3.57. The molecule has 3 fully saturated rings. The van der Waals surface area contributed by atoms with Crippen molar-refractivity contribution < 1.29 is 71.4 Å². The van der Waals surface area contributed by atoms with Crippen LogP contribution >= 0.6 is 11.8 Å². The Morgan fingerprint density at radius 2 is 1.21 bits per heavy atom. The molecule has 0 aromatic rings. The van der Waals surface area contributed by atoms with Gasteiger partial charge in [-0.3, -0.25) is 9.59 Å². The molecule has 0 aromatic heterocycles. The Hall–Kier alpha value is -1.42. The van der Waals surface area contributed by atoms with E-state index < -0.39 is 82.9 Å². The fraction of sp³-hybridized carbons (Fsp3) is 0.882. The topological polar surface area (TPSA) is 43.4 Å². The fourth-order valence-electron chi connectivity index (χ4n) is 4.69. The minimum atomic E-state index is -7.91. The molecular weight excluding hydrogens is 531 g/mol. The minimum absolute atomic E-state index is 0.146. The summed E-state index contributed by atoms with van der Waals surface area (Å²) in [6.45, 7) is 0. The standard InChI is InChI=1S/C17H13F13O3S/c18-12(19,13(20,21)14(22,23)15(24,25)16(26,27)17(28,29)30)1-2-34-7-4-5-3-6(7)9-8(5)10(31)33-11(9)32/h5-9H,1-4H2/t5-,6+,7+,8+,9-/m0/s1. The molecule has 34 heavy (non-hydrogen) atoms. The lowest BCUT2D eigenvalue weighted by Crippen LogP contribution is -2.70. The molecule has 5 atom stereocenters. The first-order chi connectivity index (χ1) is 15.1. The van der Waals surface area contributed by atoms with Crippen LogP contribution in [0.15, 0.2) is 0 Å². The molecule has 3 nitrogen and oxygen atoms in total. The summed E-state index contributed by atoms with van der Waals surface area (Å²) >= 11 is 0.477. The van der Waals surface area contributed by atoms with E-state index in [2.05, 4.69) is 4.74 Å². The summed E-state index contributed by atoms with van der Waals surface area (Å²) in [5.41, 5.74) is 0. The number of rotatable bonds is 8. The summed E-state index contributed by atoms with van der Waals surface area (Å²) in [6.07, 6.45) is -9.28. The maximum atomic E-state index is 13.9. The summed E-state index contributed by atoms with van der Waals surface area (Å²) in [4.78, 5) is 23.4. The van der Waals surface area contributed by atoms with E-state index >= 15 is 0 Å². The van der Waals surface area contributed by atoms with Gasteiger partial charge < -0.3 is 4.74 Å². The molecule has 1 heterocycles. The monoisotopic (exact) mass is 544 g/mol. The van der Waals surface area contributed by atoms with Crippen LogP contribution in [-0.2, 0) is 14.3 Å². The van der Waals surface area contributed by atoms with Gasteiger partial charge in [0, 0.05) is 11.7 Å². The number of esters is 2. The smallest absolute Gasteiger partial charge is 0.393 e. The number of carbonyl (C=O) groups is 2.